The van der Waals surface area contributed by atoms with Crippen LogP contribution in [0.4, 0.5) is 4.79 Å². The average molecular weight is 243 g/mol. The van der Waals surface area contributed by atoms with Crippen molar-refractivity contribution in [1.29, 1.82) is 0 Å². The third-order valence-corrected chi connectivity index (χ3v) is 2.91. The molecule has 2 atom stereocenters. The first-order valence-corrected chi connectivity index (χ1v) is 5.98. The summed E-state index contributed by atoms with van der Waals surface area (Å²) in [5.74, 6) is -1.30. The molecule has 0 aromatic carbocycles. The van der Waals surface area contributed by atoms with Gasteiger partial charge in [-0.05, 0) is 33.6 Å². The van der Waals surface area contributed by atoms with E-state index in [9.17, 15) is 9.59 Å². The zero-order valence-corrected chi connectivity index (χ0v) is 10.9. The highest BCUT2D eigenvalue weighted by Gasteiger charge is 2.41. The third kappa shape index (κ3) is 3.35. The summed E-state index contributed by atoms with van der Waals surface area (Å²) < 4.78 is 5.28. The number of amides is 1. The van der Waals surface area contributed by atoms with Gasteiger partial charge in [-0.2, -0.15) is 0 Å². The van der Waals surface area contributed by atoms with Gasteiger partial charge >= 0.3 is 12.1 Å². The number of rotatable bonds is 2. The lowest BCUT2D eigenvalue weighted by molar-refractivity contribution is -0.142. The zero-order chi connectivity index (χ0) is 13.2. The molecular weight excluding hydrogens is 222 g/mol. The van der Waals surface area contributed by atoms with Crippen molar-refractivity contribution < 1.29 is 19.4 Å². The molecule has 1 aliphatic rings. The Hall–Kier alpha value is -1.26. The molecule has 1 heterocycles. The summed E-state index contributed by atoms with van der Waals surface area (Å²) >= 11 is 0. The number of likely N-dealkylation sites (tertiary alicyclic amines) is 1. The van der Waals surface area contributed by atoms with Crippen molar-refractivity contribution in [3.63, 3.8) is 0 Å². The summed E-state index contributed by atoms with van der Waals surface area (Å²) in [6, 6.07) is -0.248. The molecule has 17 heavy (non-hydrogen) atoms. The fraction of sp³-hybridized carbons (Fsp3) is 0.833. The minimum Gasteiger partial charge on any atom is -0.481 e. The van der Waals surface area contributed by atoms with Crippen LogP contribution in [0.3, 0.4) is 0 Å². The smallest absolute Gasteiger partial charge is 0.410 e. The first kappa shape index (κ1) is 13.8. The van der Waals surface area contributed by atoms with Gasteiger partial charge in [0.05, 0.1) is 5.92 Å². The number of carboxylic acids is 1. The van der Waals surface area contributed by atoms with Crippen LogP contribution in [0.25, 0.3) is 0 Å². The van der Waals surface area contributed by atoms with Crippen molar-refractivity contribution >= 4 is 12.1 Å². The van der Waals surface area contributed by atoms with Crippen LogP contribution in [0.1, 0.15) is 40.5 Å². The van der Waals surface area contributed by atoms with Gasteiger partial charge in [0.1, 0.15) is 5.60 Å². The number of carbonyl (C=O) groups is 2. The Morgan fingerprint density at radius 1 is 1.41 bits per heavy atom. The van der Waals surface area contributed by atoms with E-state index in [1.54, 1.807) is 25.7 Å². The van der Waals surface area contributed by atoms with E-state index in [0.29, 0.717) is 19.4 Å². The average Bonchev–Trinajstić information content (AvgIpc) is 2.57. The molecule has 1 saturated heterocycles. The standard InChI is InChI=1S/C12H21NO4/c1-5-9-8(10(14)15)6-7-13(9)11(16)17-12(2,3)4/h8-9H,5-7H2,1-4H3,(H,14,15)/t8-,9+/m1/s1. The summed E-state index contributed by atoms with van der Waals surface area (Å²) in [4.78, 5) is 24.5. The molecule has 0 aliphatic carbocycles. The molecule has 0 saturated carbocycles. The molecule has 1 aliphatic heterocycles. The number of hydrogen-bond donors (Lipinski definition) is 1. The summed E-state index contributed by atoms with van der Waals surface area (Å²) in [7, 11) is 0. The van der Waals surface area contributed by atoms with Crippen LogP contribution in [0, 0.1) is 5.92 Å². The Bertz CT molecular complexity index is 308. The van der Waals surface area contributed by atoms with Crippen LogP contribution < -0.4 is 0 Å². The van der Waals surface area contributed by atoms with Gasteiger partial charge < -0.3 is 14.7 Å². The molecule has 0 spiro atoms. The molecule has 98 valence electrons. The maximum Gasteiger partial charge on any atom is 0.410 e. The molecule has 0 bridgehead atoms. The van der Waals surface area contributed by atoms with E-state index in [1.807, 2.05) is 6.92 Å². The highest BCUT2D eigenvalue weighted by molar-refractivity contribution is 5.75. The SMILES string of the molecule is CC[C@H]1[C@H](C(=O)O)CCN1C(=O)OC(C)(C)C. The molecule has 5 nitrogen and oxygen atoms in total. The normalized spacial score (nSPS) is 24.8. The third-order valence-electron chi connectivity index (χ3n) is 2.91. The lowest BCUT2D eigenvalue weighted by atomic mass is 9.99. The van der Waals surface area contributed by atoms with Gasteiger partial charge in [0.2, 0.25) is 0 Å². The van der Waals surface area contributed by atoms with E-state index in [-0.39, 0.29) is 6.04 Å². The van der Waals surface area contributed by atoms with Crippen LogP contribution in [0.2, 0.25) is 0 Å². The number of hydrogen-bond acceptors (Lipinski definition) is 3. The van der Waals surface area contributed by atoms with Crippen LogP contribution in [-0.4, -0.2) is 40.3 Å². The van der Waals surface area contributed by atoms with Gasteiger partial charge in [-0.25, -0.2) is 4.79 Å². The van der Waals surface area contributed by atoms with E-state index in [1.165, 1.54) is 0 Å². The molecule has 1 fully saturated rings. The highest BCUT2D eigenvalue weighted by atomic mass is 16.6. The summed E-state index contributed by atoms with van der Waals surface area (Å²) in [5.41, 5.74) is -0.545. The second kappa shape index (κ2) is 4.94. The van der Waals surface area contributed by atoms with Gasteiger partial charge in [0.25, 0.3) is 0 Å². The van der Waals surface area contributed by atoms with E-state index >= 15 is 0 Å². The van der Waals surface area contributed by atoms with Gasteiger partial charge in [0.15, 0.2) is 0 Å². The minimum absolute atomic E-state index is 0.248. The molecule has 1 N–H and O–H groups in total. The van der Waals surface area contributed by atoms with Crippen LogP contribution in [0.15, 0.2) is 0 Å². The number of ether oxygens (including phenoxy) is 1. The van der Waals surface area contributed by atoms with E-state index in [0.717, 1.165) is 0 Å². The predicted octanol–water partition coefficient (Wildman–Crippen LogP) is 2.11. The Morgan fingerprint density at radius 2 is 2.00 bits per heavy atom. The second-order valence-electron chi connectivity index (χ2n) is 5.38. The fourth-order valence-corrected chi connectivity index (χ4v) is 2.19. The highest BCUT2D eigenvalue weighted by Crippen LogP contribution is 2.28. The predicted molar refractivity (Wildman–Crippen MR) is 62.8 cm³/mol. The Morgan fingerprint density at radius 3 is 2.41 bits per heavy atom. The Kier molecular flexibility index (Phi) is 4.01. The second-order valence-corrected chi connectivity index (χ2v) is 5.38. The lowest BCUT2D eigenvalue weighted by Gasteiger charge is -2.29. The summed E-state index contributed by atoms with van der Waals surface area (Å²) in [5, 5.41) is 9.07. The van der Waals surface area contributed by atoms with Crippen molar-refractivity contribution in [2.45, 2.75) is 52.2 Å². The number of nitrogens with zero attached hydrogens (tertiary/aromatic N) is 1. The van der Waals surface area contributed by atoms with Crippen molar-refractivity contribution in [3.8, 4) is 0 Å². The molecule has 0 radical (unpaired) electrons. The van der Waals surface area contributed by atoms with Crippen LogP contribution in [-0.2, 0) is 9.53 Å². The molecular formula is C12H21NO4. The molecule has 0 aromatic heterocycles. The molecule has 1 amide bonds. The van der Waals surface area contributed by atoms with Crippen LogP contribution in [0.5, 0.6) is 0 Å². The van der Waals surface area contributed by atoms with Gasteiger partial charge in [0, 0.05) is 12.6 Å². The maximum atomic E-state index is 11.9. The van der Waals surface area contributed by atoms with E-state index in [2.05, 4.69) is 0 Å². The molecule has 0 aromatic rings. The van der Waals surface area contributed by atoms with Crippen LogP contribution >= 0.6 is 0 Å². The topological polar surface area (TPSA) is 66.8 Å². The fourth-order valence-electron chi connectivity index (χ4n) is 2.19. The van der Waals surface area contributed by atoms with Crippen molar-refractivity contribution in [2.75, 3.05) is 6.54 Å². The lowest BCUT2D eigenvalue weighted by Crippen LogP contribution is -2.42. The first-order chi connectivity index (χ1) is 7.76. The summed E-state index contributed by atoms with van der Waals surface area (Å²) in [6.07, 6.45) is 0.733. The minimum atomic E-state index is -0.831. The Balaban J connectivity index is 2.72. The summed E-state index contributed by atoms with van der Waals surface area (Å²) in [6.45, 7) is 7.76. The quantitative estimate of drug-likeness (QED) is 0.806. The maximum absolute atomic E-state index is 11.9. The first-order valence-electron chi connectivity index (χ1n) is 5.98. The van der Waals surface area contributed by atoms with E-state index in [4.69, 9.17) is 9.84 Å². The van der Waals surface area contributed by atoms with E-state index < -0.39 is 23.6 Å². The number of carboxylic acid groups (broad SMARTS) is 1. The largest absolute Gasteiger partial charge is 0.481 e. The van der Waals surface area contributed by atoms with Crippen molar-refractivity contribution in [1.82, 2.24) is 4.90 Å². The van der Waals surface area contributed by atoms with Crippen molar-refractivity contribution in [3.05, 3.63) is 0 Å². The monoisotopic (exact) mass is 243 g/mol. The van der Waals surface area contributed by atoms with Gasteiger partial charge in [-0.1, -0.05) is 6.92 Å². The molecule has 0 unspecified atom stereocenters. The zero-order valence-electron chi connectivity index (χ0n) is 10.9. The van der Waals surface area contributed by atoms with Crippen molar-refractivity contribution in [2.24, 2.45) is 5.92 Å². The molecule has 5 heteroatoms. The number of carbonyl (C=O) groups excluding carboxylic acids is 1. The van der Waals surface area contributed by atoms with Gasteiger partial charge in [-0.3, -0.25) is 4.79 Å². The Labute approximate surface area is 102 Å². The molecule has 1 rings (SSSR count). The number of aliphatic carboxylic acids is 1. The van der Waals surface area contributed by atoms with Gasteiger partial charge in [-0.15, -0.1) is 0 Å².